The number of hydrogen-bond acceptors (Lipinski definition) is 3. The van der Waals surface area contributed by atoms with E-state index >= 15 is 0 Å². The molecule has 3 nitrogen and oxygen atoms in total. The van der Waals surface area contributed by atoms with Crippen molar-refractivity contribution in [2.75, 3.05) is 0 Å². The van der Waals surface area contributed by atoms with Gasteiger partial charge in [0.05, 0.1) is 4.47 Å². The predicted octanol–water partition coefficient (Wildman–Crippen LogP) is 1.71. The average Bonchev–Trinajstić information content (AvgIpc) is 2.04. The van der Waals surface area contributed by atoms with E-state index in [4.69, 9.17) is 0 Å². The van der Waals surface area contributed by atoms with Crippen LogP contribution in [-0.4, -0.2) is 21.5 Å². The molecule has 0 aliphatic heterocycles. The molecule has 1 heterocycles. The smallest absolute Gasteiger partial charge is 0.273 e. The highest BCUT2D eigenvalue weighted by molar-refractivity contribution is 9.10. The fraction of sp³-hybridized carbons (Fsp3) is 0.429. The molecule has 1 atom stereocenters. The summed E-state index contributed by atoms with van der Waals surface area (Å²) >= 11 is 3.06. The Morgan fingerprint density at radius 1 is 1.46 bits per heavy atom. The van der Waals surface area contributed by atoms with Gasteiger partial charge in [0.1, 0.15) is 0 Å². The minimum Gasteiger partial charge on any atom is -0.377 e. The molecule has 0 aliphatic carbocycles. The molecular weight excluding hydrogens is 246 g/mol. The molecule has 6 heteroatoms. The number of aliphatic hydroxyl groups is 1. The minimum atomic E-state index is -2.91. The van der Waals surface area contributed by atoms with Crippen LogP contribution in [0.5, 0.6) is 0 Å². The summed E-state index contributed by atoms with van der Waals surface area (Å²) in [6.07, 6.45) is -0.299. The summed E-state index contributed by atoms with van der Waals surface area (Å²) < 4.78 is 25.1. The second-order valence-electron chi connectivity index (χ2n) is 2.67. The quantitative estimate of drug-likeness (QED) is 0.872. The molecular formula is C7H7BrF2N2O. The number of halogens is 3. The van der Waals surface area contributed by atoms with Gasteiger partial charge in [0, 0.05) is 12.4 Å². The molecule has 0 spiro atoms. The number of aromatic nitrogens is 2. The minimum absolute atomic E-state index is 0.286. The van der Waals surface area contributed by atoms with Crippen LogP contribution >= 0.6 is 15.9 Å². The van der Waals surface area contributed by atoms with Crippen LogP contribution in [0, 0.1) is 0 Å². The van der Waals surface area contributed by atoms with Crippen LogP contribution in [0.3, 0.4) is 0 Å². The molecule has 1 N–H and O–H groups in total. The van der Waals surface area contributed by atoms with Gasteiger partial charge in [0.25, 0.3) is 6.43 Å². The second kappa shape index (κ2) is 3.63. The Kier molecular flexibility index (Phi) is 2.92. The Labute approximate surface area is 82.0 Å². The Morgan fingerprint density at radius 3 is 2.31 bits per heavy atom. The number of nitrogens with zero attached hydrogens (tertiary/aromatic N) is 2. The molecule has 0 unspecified atom stereocenters. The van der Waals surface area contributed by atoms with E-state index < -0.39 is 12.0 Å². The van der Waals surface area contributed by atoms with Crippen LogP contribution in [0.4, 0.5) is 8.78 Å². The summed E-state index contributed by atoms with van der Waals surface area (Å²) in [5.41, 5.74) is -2.29. The first kappa shape index (κ1) is 10.5. The Balaban J connectivity index is 3.01. The Bertz CT molecular complexity index is 289. The van der Waals surface area contributed by atoms with Gasteiger partial charge < -0.3 is 5.11 Å². The average molecular weight is 253 g/mol. The van der Waals surface area contributed by atoms with Gasteiger partial charge in [-0.2, -0.15) is 0 Å². The van der Waals surface area contributed by atoms with Gasteiger partial charge in [0.2, 0.25) is 0 Å². The predicted molar refractivity (Wildman–Crippen MR) is 45.3 cm³/mol. The highest BCUT2D eigenvalue weighted by Crippen LogP contribution is 2.24. The van der Waals surface area contributed by atoms with Crippen LogP contribution in [0.1, 0.15) is 12.7 Å². The zero-order valence-corrected chi connectivity index (χ0v) is 8.29. The third kappa shape index (κ3) is 2.19. The highest BCUT2D eigenvalue weighted by Gasteiger charge is 2.37. The van der Waals surface area contributed by atoms with Crippen molar-refractivity contribution in [3.63, 3.8) is 0 Å². The third-order valence-corrected chi connectivity index (χ3v) is 1.91. The van der Waals surface area contributed by atoms with E-state index in [0.717, 1.165) is 6.92 Å². The number of alkyl halides is 2. The lowest BCUT2D eigenvalue weighted by molar-refractivity contribution is -0.0940. The zero-order chi connectivity index (χ0) is 10.1. The maximum absolute atomic E-state index is 12.3. The number of hydrogen-bond donors (Lipinski definition) is 1. The standard InChI is InChI=1S/C7H7BrF2N2O/c1-7(13,5(9)10)6-11-2-4(8)3-12-6/h2-3,5,13H,1H3/t7-/m0/s1. The van der Waals surface area contributed by atoms with Gasteiger partial charge in [-0.25, -0.2) is 18.7 Å². The molecule has 0 aliphatic rings. The van der Waals surface area contributed by atoms with Crippen molar-refractivity contribution < 1.29 is 13.9 Å². The van der Waals surface area contributed by atoms with Crippen LogP contribution in [-0.2, 0) is 5.60 Å². The lowest BCUT2D eigenvalue weighted by atomic mass is 10.1. The summed E-state index contributed by atoms with van der Waals surface area (Å²) in [6, 6.07) is 0. The molecule has 72 valence electrons. The van der Waals surface area contributed by atoms with E-state index in [2.05, 4.69) is 25.9 Å². The summed E-state index contributed by atoms with van der Waals surface area (Å²) in [4.78, 5) is 7.17. The monoisotopic (exact) mass is 252 g/mol. The van der Waals surface area contributed by atoms with Crippen molar-refractivity contribution in [3.8, 4) is 0 Å². The fourth-order valence-corrected chi connectivity index (χ4v) is 0.876. The Hall–Kier alpha value is -0.620. The van der Waals surface area contributed by atoms with Crippen molar-refractivity contribution in [1.82, 2.24) is 9.97 Å². The molecule has 1 aromatic heterocycles. The van der Waals surface area contributed by atoms with Gasteiger partial charge in [-0.3, -0.25) is 0 Å². The van der Waals surface area contributed by atoms with Crippen LogP contribution in [0.2, 0.25) is 0 Å². The molecule has 0 saturated carbocycles. The highest BCUT2D eigenvalue weighted by atomic mass is 79.9. The van der Waals surface area contributed by atoms with Crippen LogP contribution < -0.4 is 0 Å². The van der Waals surface area contributed by atoms with E-state index in [0.29, 0.717) is 4.47 Å². The lowest BCUT2D eigenvalue weighted by Crippen LogP contribution is -2.32. The first-order valence-electron chi connectivity index (χ1n) is 3.43. The van der Waals surface area contributed by atoms with E-state index in [1.807, 2.05) is 0 Å². The largest absolute Gasteiger partial charge is 0.377 e. The SMILES string of the molecule is C[C@@](O)(c1ncc(Br)cn1)C(F)F. The molecule has 0 aromatic carbocycles. The first-order valence-corrected chi connectivity index (χ1v) is 4.22. The van der Waals surface area contributed by atoms with Crippen LogP contribution in [0.15, 0.2) is 16.9 Å². The Morgan fingerprint density at radius 2 is 1.92 bits per heavy atom. The van der Waals surface area contributed by atoms with Crippen molar-refractivity contribution in [2.45, 2.75) is 19.0 Å². The summed E-state index contributed by atoms with van der Waals surface area (Å²) in [7, 11) is 0. The molecule has 13 heavy (non-hydrogen) atoms. The van der Waals surface area contributed by atoms with Crippen molar-refractivity contribution >= 4 is 15.9 Å². The van der Waals surface area contributed by atoms with E-state index in [1.165, 1.54) is 12.4 Å². The lowest BCUT2D eigenvalue weighted by Gasteiger charge is -2.19. The molecule has 1 aromatic rings. The van der Waals surface area contributed by atoms with E-state index in [9.17, 15) is 13.9 Å². The van der Waals surface area contributed by atoms with Crippen molar-refractivity contribution in [3.05, 3.63) is 22.7 Å². The van der Waals surface area contributed by atoms with Gasteiger partial charge in [-0.1, -0.05) is 0 Å². The first-order chi connectivity index (χ1) is 5.94. The molecule has 0 saturated heterocycles. The fourth-order valence-electron chi connectivity index (χ4n) is 0.671. The van der Waals surface area contributed by atoms with E-state index in [-0.39, 0.29) is 5.82 Å². The maximum atomic E-state index is 12.3. The molecule has 0 fully saturated rings. The summed E-state index contributed by atoms with van der Waals surface area (Å²) in [6.45, 7) is 0.973. The molecule has 1 rings (SSSR count). The second-order valence-corrected chi connectivity index (χ2v) is 3.59. The van der Waals surface area contributed by atoms with Crippen molar-refractivity contribution in [1.29, 1.82) is 0 Å². The molecule has 0 bridgehead atoms. The van der Waals surface area contributed by atoms with Gasteiger partial charge in [-0.15, -0.1) is 0 Å². The normalized spacial score (nSPS) is 15.8. The van der Waals surface area contributed by atoms with Crippen LogP contribution in [0.25, 0.3) is 0 Å². The van der Waals surface area contributed by atoms with Gasteiger partial charge in [0.15, 0.2) is 11.4 Å². The number of rotatable bonds is 2. The van der Waals surface area contributed by atoms with Gasteiger partial charge >= 0.3 is 0 Å². The molecule has 0 radical (unpaired) electrons. The van der Waals surface area contributed by atoms with Crippen molar-refractivity contribution in [2.24, 2.45) is 0 Å². The molecule has 0 amide bonds. The summed E-state index contributed by atoms with van der Waals surface area (Å²) in [5.74, 6) is -0.286. The zero-order valence-electron chi connectivity index (χ0n) is 6.71. The van der Waals surface area contributed by atoms with E-state index in [1.54, 1.807) is 0 Å². The summed E-state index contributed by atoms with van der Waals surface area (Å²) in [5, 5.41) is 9.26. The van der Waals surface area contributed by atoms with Gasteiger partial charge in [-0.05, 0) is 22.9 Å². The topological polar surface area (TPSA) is 46.0 Å². The third-order valence-electron chi connectivity index (χ3n) is 1.50. The maximum Gasteiger partial charge on any atom is 0.273 e.